The minimum atomic E-state index is 0.150. The molecule has 5 nitrogen and oxygen atoms in total. The molecule has 0 bridgehead atoms. The summed E-state index contributed by atoms with van der Waals surface area (Å²) in [6.07, 6.45) is 3.48. The smallest absolute Gasteiger partial charge is 0.133 e. The first-order chi connectivity index (χ1) is 11.1. The molecule has 0 saturated carbocycles. The van der Waals surface area contributed by atoms with E-state index in [9.17, 15) is 5.11 Å². The predicted octanol–water partition coefficient (Wildman–Crippen LogP) is 1.49. The molecule has 2 aliphatic heterocycles. The third-order valence-electron chi connectivity index (χ3n) is 5.52. The number of nitrogens with zero attached hydrogens (tertiary/aromatic N) is 4. The van der Waals surface area contributed by atoms with Crippen LogP contribution in [0, 0.1) is 6.92 Å². The Balaban J connectivity index is 1.85. The van der Waals surface area contributed by atoms with Crippen LogP contribution in [0.2, 0.25) is 0 Å². The second-order valence-corrected chi connectivity index (χ2v) is 7.18. The molecule has 1 fully saturated rings. The van der Waals surface area contributed by atoms with E-state index in [1.54, 1.807) is 0 Å². The minimum Gasteiger partial charge on any atom is -0.394 e. The summed E-state index contributed by atoms with van der Waals surface area (Å²) in [5, 5.41) is 9.81. The second kappa shape index (κ2) is 7.16. The van der Waals surface area contributed by atoms with Gasteiger partial charge < -0.3 is 14.9 Å². The maximum atomic E-state index is 9.81. The van der Waals surface area contributed by atoms with Crippen molar-refractivity contribution in [3.63, 3.8) is 0 Å². The van der Waals surface area contributed by atoms with Crippen molar-refractivity contribution in [3.05, 3.63) is 23.4 Å². The summed E-state index contributed by atoms with van der Waals surface area (Å²) in [6.45, 7) is 6.62. The average Bonchev–Trinajstić information content (AvgIpc) is 2.55. The Kier molecular flexibility index (Phi) is 5.19. The van der Waals surface area contributed by atoms with Gasteiger partial charge in [-0.05, 0) is 52.4 Å². The van der Waals surface area contributed by atoms with Gasteiger partial charge in [0.05, 0.1) is 12.6 Å². The number of hydrogen-bond acceptors (Lipinski definition) is 5. The number of likely N-dealkylation sites (N-methyl/N-ethyl adjacent to an activating group) is 1. The molecule has 2 aliphatic rings. The molecular formula is C18H30N4O. The van der Waals surface area contributed by atoms with Crippen LogP contribution in [0.15, 0.2) is 12.1 Å². The van der Waals surface area contributed by atoms with Crippen molar-refractivity contribution < 1.29 is 5.11 Å². The molecule has 1 saturated heterocycles. The van der Waals surface area contributed by atoms with E-state index in [1.165, 1.54) is 31.5 Å². The number of anilines is 1. The Hall–Kier alpha value is -1.17. The van der Waals surface area contributed by atoms with Crippen LogP contribution in [-0.2, 0) is 6.54 Å². The molecule has 1 aromatic heterocycles. The second-order valence-electron chi connectivity index (χ2n) is 7.18. The number of pyridine rings is 1. The summed E-state index contributed by atoms with van der Waals surface area (Å²) in [6, 6.07) is 5.13. The largest absolute Gasteiger partial charge is 0.394 e. The number of aromatic nitrogens is 1. The molecule has 0 aliphatic carbocycles. The number of aliphatic hydroxyl groups is 1. The summed E-state index contributed by atoms with van der Waals surface area (Å²) >= 11 is 0. The molecular weight excluding hydrogens is 288 g/mol. The lowest BCUT2D eigenvalue weighted by atomic mass is 10.00. The SMILES string of the molecule is Cc1ccc2c(n1)N(C)C(CO)CCN(C1CCN(C)CC1)C2. The molecule has 1 N–H and O–H groups in total. The Labute approximate surface area is 139 Å². The zero-order valence-corrected chi connectivity index (χ0v) is 14.7. The molecule has 0 radical (unpaired) electrons. The molecule has 1 aromatic rings. The van der Waals surface area contributed by atoms with Crippen LogP contribution in [-0.4, -0.2) is 72.3 Å². The van der Waals surface area contributed by atoms with Gasteiger partial charge in [-0.2, -0.15) is 0 Å². The third kappa shape index (κ3) is 3.67. The van der Waals surface area contributed by atoms with E-state index in [1.807, 2.05) is 6.92 Å². The van der Waals surface area contributed by atoms with E-state index in [-0.39, 0.29) is 12.6 Å². The van der Waals surface area contributed by atoms with Crippen molar-refractivity contribution in [2.75, 3.05) is 45.2 Å². The topological polar surface area (TPSA) is 42.8 Å². The molecule has 3 heterocycles. The third-order valence-corrected chi connectivity index (χ3v) is 5.52. The Bertz CT molecular complexity index is 528. The maximum absolute atomic E-state index is 9.81. The van der Waals surface area contributed by atoms with Crippen LogP contribution in [0.25, 0.3) is 0 Å². The van der Waals surface area contributed by atoms with Crippen molar-refractivity contribution in [2.45, 2.75) is 44.8 Å². The predicted molar refractivity (Wildman–Crippen MR) is 93.8 cm³/mol. The number of likely N-dealkylation sites (tertiary alicyclic amines) is 1. The van der Waals surface area contributed by atoms with Crippen LogP contribution in [0.3, 0.4) is 0 Å². The molecule has 0 amide bonds. The molecule has 0 aromatic carbocycles. The highest BCUT2D eigenvalue weighted by Crippen LogP contribution is 2.28. The number of aliphatic hydroxyl groups excluding tert-OH is 1. The summed E-state index contributed by atoms with van der Waals surface area (Å²) < 4.78 is 0. The summed E-state index contributed by atoms with van der Waals surface area (Å²) in [5.41, 5.74) is 2.33. The van der Waals surface area contributed by atoms with Crippen molar-refractivity contribution in [3.8, 4) is 0 Å². The van der Waals surface area contributed by atoms with E-state index < -0.39 is 0 Å². The summed E-state index contributed by atoms with van der Waals surface area (Å²) in [5.74, 6) is 1.04. The minimum absolute atomic E-state index is 0.150. The Morgan fingerprint density at radius 2 is 1.87 bits per heavy atom. The summed E-state index contributed by atoms with van der Waals surface area (Å²) in [7, 11) is 4.28. The molecule has 1 atom stereocenters. The fourth-order valence-electron chi connectivity index (χ4n) is 3.87. The highest BCUT2D eigenvalue weighted by atomic mass is 16.3. The highest BCUT2D eigenvalue weighted by molar-refractivity contribution is 5.48. The van der Waals surface area contributed by atoms with E-state index in [0.29, 0.717) is 6.04 Å². The zero-order chi connectivity index (χ0) is 16.4. The highest BCUT2D eigenvalue weighted by Gasteiger charge is 2.28. The van der Waals surface area contributed by atoms with Gasteiger partial charge in [0.15, 0.2) is 0 Å². The van der Waals surface area contributed by atoms with Crippen LogP contribution < -0.4 is 4.90 Å². The number of aryl methyl sites for hydroxylation is 1. The first-order valence-electron chi connectivity index (χ1n) is 8.81. The lowest BCUT2D eigenvalue weighted by Gasteiger charge is -2.41. The zero-order valence-electron chi connectivity index (χ0n) is 14.7. The number of fused-ring (bicyclic) bond motifs is 1. The number of piperidine rings is 1. The standard InChI is InChI=1S/C18H30N4O/c1-14-4-5-15-12-22(16-6-9-20(2)10-7-16)11-8-17(13-23)21(3)18(15)19-14/h4-5,16-17,23H,6-13H2,1-3H3. The Morgan fingerprint density at radius 1 is 1.13 bits per heavy atom. The molecule has 0 spiro atoms. The normalized spacial score (nSPS) is 25.0. The van der Waals surface area contributed by atoms with Crippen LogP contribution in [0.4, 0.5) is 5.82 Å². The quantitative estimate of drug-likeness (QED) is 0.895. The Morgan fingerprint density at radius 3 is 2.57 bits per heavy atom. The van der Waals surface area contributed by atoms with Crippen molar-refractivity contribution >= 4 is 5.82 Å². The van der Waals surface area contributed by atoms with Crippen LogP contribution in [0.1, 0.15) is 30.5 Å². The number of rotatable bonds is 2. The van der Waals surface area contributed by atoms with Gasteiger partial charge in [0.1, 0.15) is 5.82 Å². The maximum Gasteiger partial charge on any atom is 0.133 e. The molecule has 5 heteroatoms. The molecule has 3 rings (SSSR count). The van der Waals surface area contributed by atoms with Gasteiger partial charge in [0.25, 0.3) is 0 Å². The van der Waals surface area contributed by atoms with Gasteiger partial charge in [0, 0.05) is 37.4 Å². The van der Waals surface area contributed by atoms with E-state index in [2.05, 4.69) is 40.9 Å². The van der Waals surface area contributed by atoms with Gasteiger partial charge >= 0.3 is 0 Å². The lowest BCUT2D eigenvalue weighted by molar-refractivity contribution is 0.105. The average molecular weight is 318 g/mol. The summed E-state index contributed by atoms with van der Waals surface area (Å²) in [4.78, 5) is 12.0. The molecule has 23 heavy (non-hydrogen) atoms. The van der Waals surface area contributed by atoms with Crippen molar-refractivity contribution in [2.24, 2.45) is 0 Å². The van der Waals surface area contributed by atoms with E-state index in [4.69, 9.17) is 4.98 Å². The van der Waals surface area contributed by atoms with Gasteiger partial charge in [-0.3, -0.25) is 4.90 Å². The van der Waals surface area contributed by atoms with Gasteiger partial charge in [-0.25, -0.2) is 4.98 Å². The monoisotopic (exact) mass is 318 g/mol. The van der Waals surface area contributed by atoms with Crippen LogP contribution in [0.5, 0.6) is 0 Å². The first kappa shape index (κ1) is 16.7. The number of hydrogen-bond donors (Lipinski definition) is 1. The van der Waals surface area contributed by atoms with Crippen LogP contribution >= 0.6 is 0 Å². The van der Waals surface area contributed by atoms with E-state index >= 15 is 0 Å². The van der Waals surface area contributed by atoms with Gasteiger partial charge in [0.2, 0.25) is 0 Å². The van der Waals surface area contributed by atoms with Crippen molar-refractivity contribution in [1.82, 2.24) is 14.8 Å². The fourth-order valence-corrected chi connectivity index (χ4v) is 3.87. The molecule has 1 unspecified atom stereocenters. The lowest BCUT2D eigenvalue weighted by Crippen LogP contribution is -2.47. The fraction of sp³-hybridized carbons (Fsp3) is 0.722. The van der Waals surface area contributed by atoms with Gasteiger partial charge in [-0.15, -0.1) is 0 Å². The van der Waals surface area contributed by atoms with E-state index in [0.717, 1.165) is 31.0 Å². The van der Waals surface area contributed by atoms with Gasteiger partial charge in [-0.1, -0.05) is 6.07 Å². The van der Waals surface area contributed by atoms with Crippen molar-refractivity contribution in [1.29, 1.82) is 0 Å². The molecule has 128 valence electrons. The first-order valence-corrected chi connectivity index (χ1v) is 8.81.